The summed E-state index contributed by atoms with van der Waals surface area (Å²) in [6.07, 6.45) is 5.10. The van der Waals surface area contributed by atoms with Gasteiger partial charge in [0.2, 0.25) is 5.78 Å². The first-order valence-electron chi connectivity index (χ1n) is 10.1. The number of anilines is 1. The molecule has 0 saturated carbocycles. The number of imidazole rings is 1. The standard InChI is InChI=1S/C22H23N7O2/c1-4-27(3)21(31)16-13-23-29(5-2)19(16)20(30)25-18-11-12-28-14-17(24-22(28)26-18)15-9-7-6-8-10-15/h6-14H,4-5H2,1-3H3,(H,24,25,26,30). The number of fused-ring (bicyclic) bond motifs is 1. The fourth-order valence-corrected chi connectivity index (χ4v) is 3.24. The van der Waals surface area contributed by atoms with Crippen molar-refractivity contribution in [3.63, 3.8) is 0 Å². The molecule has 158 valence electrons. The maximum Gasteiger partial charge on any atom is 0.275 e. The normalized spacial score (nSPS) is 10.9. The third-order valence-corrected chi connectivity index (χ3v) is 5.04. The van der Waals surface area contributed by atoms with E-state index in [0.717, 1.165) is 11.3 Å². The molecule has 3 heterocycles. The number of hydrogen-bond donors (Lipinski definition) is 1. The molecular formula is C22H23N7O2. The highest BCUT2D eigenvalue weighted by atomic mass is 16.2. The fourth-order valence-electron chi connectivity index (χ4n) is 3.24. The van der Waals surface area contributed by atoms with Crippen LogP contribution in [-0.2, 0) is 6.54 Å². The van der Waals surface area contributed by atoms with Gasteiger partial charge in [0, 0.05) is 38.1 Å². The zero-order chi connectivity index (χ0) is 22.0. The Morgan fingerprint density at radius 1 is 1.10 bits per heavy atom. The molecule has 1 N–H and O–H groups in total. The average molecular weight is 417 g/mol. The molecule has 4 aromatic rings. The lowest BCUT2D eigenvalue weighted by atomic mass is 10.2. The molecule has 0 radical (unpaired) electrons. The minimum atomic E-state index is -0.445. The molecule has 31 heavy (non-hydrogen) atoms. The van der Waals surface area contributed by atoms with Crippen LogP contribution in [0.1, 0.15) is 34.7 Å². The molecule has 1 aromatic carbocycles. The van der Waals surface area contributed by atoms with Crippen molar-refractivity contribution >= 4 is 23.4 Å². The monoisotopic (exact) mass is 417 g/mol. The van der Waals surface area contributed by atoms with E-state index >= 15 is 0 Å². The van der Waals surface area contributed by atoms with Gasteiger partial charge in [-0.1, -0.05) is 30.3 Å². The first-order valence-corrected chi connectivity index (χ1v) is 10.1. The maximum absolute atomic E-state index is 13.0. The fraction of sp³-hybridized carbons (Fsp3) is 0.227. The van der Waals surface area contributed by atoms with Crippen LogP contribution in [0.25, 0.3) is 17.0 Å². The number of hydrogen-bond acceptors (Lipinski definition) is 5. The zero-order valence-electron chi connectivity index (χ0n) is 17.6. The Kier molecular flexibility index (Phi) is 5.48. The van der Waals surface area contributed by atoms with E-state index < -0.39 is 5.91 Å². The molecule has 4 rings (SSSR count). The second kappa shape index (κ2) is 8.39. The van der Waals surface area contributed by atoms with Gasteiger partial charge in [0.15, 0.2) is 0 Å². The van der Waals surface area contributed by atoms with E-state index in [4.69, 9.17) is 0 Å². The number of aromatic nitrogens is 5. The highest BCUT2D eigenvalue weighted by Crippen LogP contribution is 2.19. The topological polar surface area (TPSA) is 97.4 Å². The van der Waals surface area contributed by atoms with Crippen LogP contribution in [0, 0.1) is 0 Å². The van der Waals surface area contributed by atoms with Crippen molar-refractivity contribution in [2.45, 2.75) is 20.4 Å². The minimum absolute atomic E-state index is 0.211. The molecule has 0 atom stereocenters. The van der Waals surface area contributed by atoms with Crippen molar-refractivity contribution in [3.8, 4) is 11.3 Å². The van der Waals surface area contributed by atoms with Gasteiger partial charge in [0.1, 0.15) is 11.5 Å². The van der Waals surface area contributed by atoms with E-state index in [-0.39, 0.29) is 17.2 Å². The van der Waals surface area contributed by atoms with Gasteiger partial charge in [-0.3, -0.25) is 18.7 Å². The van der Waals surface area contributed by atoms with Gasteiger partial charge in [-0.15, -0.1) is 0 Å². The van der Waals surface area contributed by atoms with E-state index in [2.05, 4.69) is 20.4 Å². The molecule has 0 bridgehead atoms. The number of nitrogens with zero attached hydrogens (tertiary/aromatic N) is 6. The summed E-state index contributed by atoms with van der Waals surface area (Å²) < 4.78 is 3.30. The largest absolute Gasteiger partial charge is 0.342 e. The smallest absolute Gasteiger partial charge is 0.275 e. The highest BCUT2D eigenvalue weighted by molar-refractivity contribution is 6.10. The van der Waals surface area contributed by atoms with Crippen LogP contribution in [0.2, 0.25) is 0 Å². The predicted molar refractivity (Wildman–Crippen MR) is 117 cm³/mol. The summed E-state index contributed by atoms with van der Waals surface area (Å²) in [5.41, 5.74) is 2.24. The van der Waals surface area contributed by atoms with E-state index in [1.54, 1.807) is 23.7 Å². The number of benzene rings is 1. The van der Waals surface area contributed by atoms with E-state index in [0.29, 0.717) is 24.7 Å². The summed E-state index contributed by atoms with van der Waals surface area (Å²) in [5, 5.41) is 6.97. The molecular weight excluding hydrogens is 394 g/mol. The van der Waals surface area contributed by atoms with E-state index in [1.165, 1.54) is 15.8 Å². The van der Waals surface area contributed by atoms with Crippen LogP contribution in [0.3, 0.4) is 0 Å². The first kappa shape index (κ1) is 20.3. The van der Waals surface area contributed by atoms with Gasteiger partial charge in [0.25, 0.3) is 11.8 Å². The third-order valence-electron chi connectivity index (χ3n) is 5.04. The van der Waals surface area contributed by atoms with Gasteiger partial charge >= 0.3 is 0 Å². The third kappa shape index (κ3) is 3.89. The second-order valence-electron chi connectivity index (χ2n) is 7.01. The van der Waals surface area contributed by atoms with Crippen molar-refractivity contribution < 1.29 is 9.59 Å². The zero-order valence-corrected chi connectivity index (χ0v) is 17.6. The molecule has 9 nitrogen and oxygen atoms in total. The lowest BCUT2D eigenvalue weighted by Crippen LogP contribution is -2.29. The van der Waals surface area contributed by atoms with Gasteiger partial charge in [-0.25, -0.2) is 4.98 Å². The summed E-state index contributed by atoms with van der Waals surface area (Å²) in [5.74, 6) is 0.104. The number of carbonyl (C=O) groups is 2. The van der Waals surface area contributed by atoms with Gasteiger partial charge in [-0.2, -0.15) is 10.1 Å². The van der Waals surface area contributed by atoms with Crippen LogP contribution in [0.5, 0.6) is 0 Å². The summed E-state index contributed by atoms with van der Waals surface area (Å²) in [7, 11) is 1.69. The van der Waals surface area contributed by atoms with Gasteiger partial charge < -0.3 is 10.2 Å². The quantitative estimate of drug-likeness (QED) is 0.520. The summed E-state index contributed by atoms with van der Waals surface area (Å²) in [6.45, 7) is 4.72. The minimum Gasteiger partial charge on any atom is -0.342 e. The molecule has 9 heteroatoms. The summed E-state index contributed by atoms with van der Waals surface area (Å²) in [6, 6.07) is 11.5. The number of carbonyl (C=O) groups excluding carboxylic acids is 2. The van der Waals surface area contributed by atoms with Crippen LogP contribution < -0.4 is 5.32 Å². The van der Waals surface area contributed by atoms with Crippen molar-refractivity contribution in [2.75, 3.05) is 18.9 Å². The van der Waals surface area contributed by atoms with Crippen LogP contribution in [0.4, 0.5) is 5.82 Å². The molecule has 0 aliphatic heterocycles. The van der Waals surface area contributed by atoms with Gasteiger partial charge in [-0.05, 0) is 19.9 Å². The molecule has 2 amide bonds. The Morgan fingerprint density at radius 2 is 1.87 bits per heavy atom. The van der Waals surface area contributed by atoms with Crippen LogP contribution in [0.15, 0.2) is 55.0 Å². The van der Waals surface area contributed by atoms with Crippen LogP contribution >= 0.6 is 0 Å². The molecule has 0 aliphatic rings. The van der Waals surface area contributed by atoms with E-state index in [1.807, 2.05) is 50.4 Å². The molecule has 0 fully saturated rings. The lowest BCUT2D eigenvalue weighted by molar-refractivity contribution is 0.0796. The summed E-state index contributed by atoms with van der Waals surface area (Å²) >= 11 is 0. The Morgan fingerprint density at radius 3 is 2.58 bits per heavy atom. The Hall–Kier alpha value is -4.01. The van der Waals surface area contributed by atoms with Crippen molar-refractivity contribution in [2.24, 2.45) is 0 Å². The Bertz CT molecular complexity index is 1240. The summed E-state index contributed by atoms with van der Waals surface area (Å²) in [4.78, 5) is 36.2. The number of rotatable bonds is 6. The SMILES string of the molecule is CCN(C)C(=O)c1cnn(CC)c1C(=O)Nc1ccn2cc(-c3ccccc3)nc2n1. The first-order chi connectivity index (χ1) is 15.0. The molecule has 0 spiro atoms. The van der Waals surface area contributed by atoms with E-state index in [9.17, 15) is 9.59 Å². The van der Waals surface area contributed by atoms with Crippen molar-refractivity contribution in [1.82, 2.24) is 29.0 Å². The van der Waals surface area contributed by atoms with Crippen LogP contribution in [-0.4, -0.2) is 54.5 Å². The van der Waals surface area contributed by atoms with Crippen molar-refractivity contribution in [3.05, 3.63) is 66.2 Å². The predicted octanol–water partition coefficient (Wildman–Crippen LogP) is 2.96. The van der Waals surface area contributed by atoms with Gasteiger partial charge in [0.05, 0.1) is 17.5 Å². The number of amides is 2. The van der Waals surface area contributed by atoms with Crippen molar-refractivity contribution in [1.29, 1.82) is 0 Å². The lowest BCUT2D eigenvalue weighted by Gasteiger charge is -2.15. The Labute approximate surface area is 179 Å². The molecule has 3 aromatic heterocycles. The second-order valence-corrected chi connectivity index (χ2v) is 7.01. The highest BCUT2D eigenvalue weighted by Gasteiger charge is 2.25. The number of aryl methyl sites for hydroxylation is 1. The Balaban J connectivity index is 1.63. The number of nitrogens with one attached hydrogen (secondary N) is 1. The maximum atomic E-state index is 13.0. The molecule has 0 aliphatic carbocycles. The average Bonchev–Trinajstić information content (AvgIpc) is 3.42. The molecule has 0 saturated heterocycles. The molecule has 0 unspecified atom stereocenters.